The van der Waals surface area contributed by atoms with Crippen molar-refractivity contribution >= 4 is 11.6 Å². The molecule has 3 aromatic heterocycles. The van der Waals surface area contributed by atoms with Crippen LogP contribution in [0.25, 0.3) is 11.3 Å². The number of imidazole rings is 1. The van der Waals surface area contributed by atoms with Crippen molar-refractivity contribution in [3.05, 3.63) is 82.9 Å². The van der Waals surface area contributed by atoms with E-state index < -0.39 is 18.1 Å². The molecule has 10 nitrogen and oxygen atoms in total. The van der Waals surface area contributed by atoms with Crippen molar-refractivity contribution < 1.29 is 14.6 Å². The van der Waals surface area contributed by atoms with Crippen LogP contribution in [0.2, 0.25) is 0 Å². The summed E-state index contributed by atoms with van der Waals surface area (Å²) in [6.45, 7) is 0.930. The predicted octanol–water partition coefficient (Wildman–Crippen LogP) is 0.610. The highest BCUT2D eigenvalue weighted by atomic mass is 16.5. The Balaban J connectivity index is 1.44. The standard InChI is InChI=1S/C22H22N6O4/c29-19-14-32-11-6-18(19)25-21(30)17-13-26(22(31)27-10-8-23-20(17)27)12-15-2-4-16(5-3-15)28-9-1-7-24-28/h1-5,7-10,13,18-19,29H,6,11-12,14H2,(H,25,30)/t18-,19-/m0/s1. The summed E-state index contributed by atoms with van der Waals surface area (Å²) in [5, 5.41) is 17.2. The molecule has 1 amide bonds. The number of hydrogen-bond donors (Lipinski definition) is 2. The summed E-state index contributed by atoms with van der Waals surface area (Å²) >= 11 is 0. The van der Waals surface area contributed by atoms with Crippen LogP contribution in [0.1, 0.15) is 22.3 Å². The number of benzene rings is 1. The fraction of sp³-hybridized carbons (Fsp3) is 0.273. The Morgan fingerprint density at radius 2 is 2.06 bits per heavy atom. The van der Waals surface area contributed by atoms with E-state index in [4.69, 9.17) is 4.74 Å². The summed E-state index contributed by atoms with van der Waals surface area (Å²) in [5.74, 6) is -0.394. The van der Waals surface area contributed by atoms with E-state index in [1.54, 1.807) is 10.9 Å². The summed E-state index contributed by atoms with van der Waals surface area (Å²) in [6, 6.07) is 9.10. The van der Waals surface area contributed by atoms with E-state index in [0.29, 0.717) is 13.0 Å². The highest BCUT2D eigenvalue weighted by Gasteiger charge is 2.27. The van der Waals surface area contributed by atoms with E-state index in [9.17, 15) is 14.7 Å². The molecule has 0 spiro atoms. The first-order valence-electron chi connectivity index (χ1n) is 10.3. The minimum atomic E-state index is -0.775. The van der Waals surface area contributed by atoms with Crippen molar-refractivity contribution in [3.8, 4) is 5.69 Å². The quantitative estimate of drug-likeness (QED) is 0.476. The van der Waals surface area contributed by atoms with Gasteiger partial charge in [-0.05, 0) is 30.2 Å². The zero-order valence-corrected chi connectivity index (χ0v) is 17.2. The lowest BCUT2D eigenvalue weighted by Gasteiger charge is -2.28. The van der Waals surface area contributed by atoms with Crippen LogP contribution < -0.4 is 11.0 Å². The number of aliphatic hydroxyl groups is 1. The van der Waals surface area contributed by atoms with Crippen molar-refractivity contribution in [2.75, 3.05) is 13.2 Å². The topological polar surface area (TPSA) is 116 Å². The molecule has 0 bridgehead atoms. The summed E-state index contributed by atoms with van der Waals surface area (Å²) in [7, 11) is 0. The summed E-state index contributed by atoms with van der Waals surface area (Å²) in [5.41, 5.74) is 2.05. The van der Waals surface area contributed by atoms with Gasteiger partial charge in [-0.1, -0.05) is 12.1 Å². The molecular formula is C22H22N6O4. The number of carbonyl (C=O) groups excluding carboxylic acids is 1. The molecule has 1 aliphatic rings. The second-order valence-corrected chi connectivity index (χ2v) is 7.70. The number of nitrogens with zero attached hydrogens (tertiary/aromatic N) is 5. The van der Waals surface area contributed by atoms with E-state index in [-0.39, 0.29) is 30.1 Å². The van der Waals surface area contributed by atoms with Crippen LogP contribution in [0.4, 0.5) is 0 Å². The van der Waals surface area contributed by atoms with E-state index >= 15 is 0 Å². The number of hydrogen-bond acceptors (Lipinski definition) is 6. The third-order valence-corrected chi connectivity index (χ3v) is 5.56. The number of fused-ring (bicyclic) bond motifs is 1. The van der Waals surface area contributed by atoms with Gasteiger partial charge in [0.2, 0.25) is 0 Å². The van der Waals surface area contributed by atoms with Gasteiger partial charge in [0.05, 0.1) is 36.5 Å². The van der Waals surface area contributed by atoms with Crippen molar-refractivity contribution in [2.45, 2.75) is 25.1 Å². The zero-order valence-electron chi connectivity index (χ0n) is 17.2. The van der Waals surface area contributed by atoms with Gasteiger partial charge in [0, 0.05) is 37.6 Å². The van der Waals surface area contributed by atoms with Gasteiger partial charge in [0.1, 0.15) is 0 Å². The first-order valence-corrected chi connectivity index (χ1v) is 10.3. The molecule has 1 aliphatic heterocycles. The fourth-order valence-corrected chi connectivity index (χ4v) is 3.85. The van der Waals surface area contributed by atoms with Crippen molar-refractivity contribution in [1.82, 2.24) is 29.0 Å². The Hall–Kier alpha value is -3.76. The Bertz CT molecular complexity index is 1290. The third kappa shape index (κ3) is 3.81. The smallest absolute Gasteiger partial charge is 0.334 e. The van der Waals surface area contributed by atoms with Gasteiger partial charge < -0.3 is 15.2 Å². The van der Waals surface area contributed by atoms with Gasteiger partial charge in [-0.15, -0.1) is 0 Å². The van der Waals surface area contributed by atoms with E-state index in [0.717, 1.165) is 11.3 Å². The average molecular weight is 434 g/mol. The molecule has 1 aromatic carbocycles. The molecule has 2 atom stereocenters. The highest BCUT2D eigenvalue weighted by molar-refractivity contribution is 5.99. The molecule has 4 aromatic rings. The molecule has 0 radical (unpaired) electrons. The number of aliphatic hydroxyl groups excluding tert-OH is 1. The predicted molar refractivity (Wildman–Crippen MR) is 115 cm³/mol. The Kier molecular flexibility index (Phi) is 5.29. The van der Waals surface area contributed by atoms with Crippen LogP contribution >= 0.6 is 0 Å². The second kappa shape index (κ2) is 8.40. The minimum absolute atomic E-state index is 0.178. The largest absolute Gasteiger partial charge is 0.389 e. The number of carbonyl (C=O) groups is 1. The lowest BCUT2D eigenvalue weighted by atomic mass is 10.1. The maximum absolute atomic E-state index is 13.0. The molecule has 1 saturated heterocycles. The van der Waals surface area contributed by atoms with Gasteiger partial charge in [0.25, 0.3) is 5.91 Å². The van der Waals surface area contributed by atoms with Crippen molar-refractivity contribution in [1.29, 1.82) is 0 Å². The number of aromatic nitrogens is 5. The van der Waals surface area contributed by atoms with Crippen LogP contribution in [-0.2, 0) is 11.3 Å². The number of rotatable bonds is 5. The van der Waals surface area contributed by atoms with Crippen molar-refractivity contribution in [3.63, 3.8) is 0 Å². The van der Waals surface area contributed by atoms with Gasteiger partial charge in [-0.25, -0.2) is 14.5 Å². The Labute approximate surface area is 182 Å². The van der Waals surface area contributed by atoms with Crippen LogP contribution in [0.3, 0.4) is 0 Å². The molecule has 32 heavy (non-hydrogen) atoms. The first kappa shape index (κ1) is 20.2. The monoisotopic (exact) mass is 434 g/mol. The van der Waals surface area contributed by atoms with Crippen molar-refractivity contribution in [2.24, 2.45) is 0 Å². The summed E-state index contributed by atoms with van der Waals surface area (Å²) < 4.78 is 9.81. The van der Waals surface area contributed by atoms with Crippen LogP contribution in [0.15, 0.2) is 66.1 Å². The number of ether oxygens (including phenoxy) is 1. The average Bonchev–Trinajstić information content (AvgIpc) is 3.50. The molecule has 164 valence electrons. The molecule has 5 rings (SSSR count). The van der Waals surface area contributed by atoms with E-state index in [2.05, 4.69) is 15.4 Å². The van der Waals surface area contributed by atoms with Gasteiger partial charge in [0.15, 0.2) is 5.65 Å². The molecule has 1 fully saturated rings. The minimum Gasteiger partial charge on any atom is -0.389 e. The Morgan fingerprint density at radius 1 is 1.22 bits per heavy atom. The Morgan fingerprint density at radius 3 is 2.81 bits per heavy atom. The first-order chi connectivity index (χ1) is 15.6. The van der Waals surface area contributed by atoms with Crippen LogP contribution in [-0.4, -0.2) is 60.1 Å². The molecule has 0 unspecified atom stereocenters. The summed E-state index contributed by atoms with van der Waals surface area (Å²) in [6.07, 6.45) is 7.84. The molecule has 0 aliphatic carbocycles. The highest BCUT2D eigenvalue weighted by Crippen LogP contribution is 2.13. The maximum Gasteiger partial charge on any atom is 0.334 e. The lowest BCUT2D eigenvalue weighted by molar-refractivity contribution is -0.0260. The molecule has 4 heterocycles. The summed E-state index contributed by atoms with van der Waals surface area (Å²) in [4.78, 5) is 30.2. The molecular weight excluding hydrogens is 412 g/mol. The van der Waals surface area contributed by atoms with Crippen LogP contribution in [0.5, 0.6) is 0 Å². The fourth-order valence-electron chi connectivity index (χ4n) is 3.85. The molecule has 2 N–H and O–H groups in total. The molecule has 10 heteroatoms. The maximum atomic E-state index is 13.0. The zero-order chi connectivity index (χ0) is 22.1. The normalized spacial score (nSPS) is 18.7. The van der Waals surface area contributed by atoms with E-state index in [1.165, 1.54) is 27.6 Å². The van der Waals surface area contributed by atoms with Gasteiger partial charge in [-0.2, -0.15) is 5.10 Å². The molecule has 0 saturated carbocycles. The number of amides is 1. The van der Waals surface area contributed by atoms with Gasteiger partial charge >= 0.3 is 5.69 Å². The second-order valence-electron chi connectivity index (χ2n) is 7.70. The lowest BCUT2D eigenvalue weighted by Crippen LogP contribution is -2.49. The van der Waals surface area contributed by atoms with Crippen LogP contribution in [0, 0.1) is 0 Å². The SMILES string of the molecule is O=C(N[C@H]1CCOC[C@@H]1O)c1cn(Cc2ccc(-n3cccn3)cc2)c(=O)n2ccnc12. The van der Waals surface area contributed by atoms with E-state index in [1.807, 2.05) is 36.5 Å². The third-order valence-electron chi connectivity index (χ3n) is 5.56. The van der Waals surface area contributed by atoms with Gasteiger partial charge in [-0.3, -0.25) is 13.8 Å². The number of nitrogens with one attached hydrogen (secondary N) is 1.